The maximum absolute atomic E-state index is 9.84. The Bertz CT molecular complexity index is 431. The predicted molar refractivity (Wildman–Crippen MR) is 85.5 cm³/mol. The third-order valence-electron chi connectivity index (χ3n) is 4.19. The van der Waals surface area contributed by atoms with Crippen molar-refractivity contribution >= 4 is 0 Å². The highest BCUT2D eigenvalue weighted by Crippen LogP contribution is 2.24. The van der Waals surface area contributed by atoms with Crippen molar-refractivity contribution in [3.8, 4) is 5.75 Å². The van der Waals surface area contributed by atoms with E-state index < -0.39 is 0 Å². The summed E-state index contributed by atoms with van der Waals surface area (Å²) in [6, 6.07) is 4.18. The first-order valence-electron chi connectivity index (χ1n) is 7.93. The van der Waals surface area contributed by atoms with E-state index in [0.717, 1.165) is 56.6 Å². The van der Waals surface area contributed by atoms with Crippen LogP contribution in [0.3, 0.4) is 0 Å². The Morgan fingerprint density at radius 3 is 2.43 bits per heavy atom. The van der Waals surface area contributed by atoms with Crippen LogP contribution in [-0.2, 0) is 11.3 Å². The van der Waals surface area contributed by atoms with Gasteiger partial charge in [0.1, 0.15) is 5.75 Å². The van der Waals surface area contributed by atoms with E-state index in [4.69, 9.17) is 10.5 Å². The predicted octanol–water partition coefficient (Wildman–Crippen LogP) is 2.34. The molecule has 21 heavy (non-hydrogen) atoms. The normalized spacial score (nSPS) is 17.3. The van der Waals surface area contributed by atoms with Gasteiger partial charge in [0.25, 0.3) is 0 Å². The van der Waals surface area contributed by atoms with Crippen molar-refractivity contribution < 1.29 is 9.84 Å². The Morgan fingerprint density at radius 2 is 1.86 bits per heavy atom. The summed E-state index contributed by atoms with van der Waals surface area (Å²) in [5.74, 6) is 0.422. The minimum atomic E-state index is 0.399. The molecule has 1 heterocycles. The molecule has 1 aromatic rings. The molecular weight excluding hydrogens is 264 g/mol. The highest BCUT2D eigenvalue weighted by molar-refractivity contribution is 5.42. The molecule has 0 amide bonds. The van der Waals surface area contributed by atoms with Crippen LogP contribution < -0.4 is 5.73 Å². The van der Waals surface area contributed by atoms with Gasteiger partial charge in [0.15, 0.2) is 0 Å². The molecule has 0 radical (unpaired) electrons. The summed E-state index contributed by atoms with van der Waals surface area (Å²) in [6.45, 7) is 8.53. The number of likely N-dealkylation sites (tertiary alicyclic amines) is 1. The second-order valence-corrected chi connectivity index (χ2v) is 6.07. The summed E-state index contributed by atoms with van der Waals surface area (Å²) in [7, 11) is 0. The van der Waals surface area contributed by atoms with Crippen LogP contribution in [0.5, 0.6) is 5.75 Å². The van der Waals surface area contributed by atoms with Gasteiger partial charge in [-0.15, -0.1) is 0 Å². The van der Waals surface area contributed by atoms with Gasteiger partial charge in [0, 0.05) is 26.2 Å². The molecule has 0 spiro atoms. The van der Waals surface area contributed by atoms with E-state index in [2.05, 4.69) is 17.0 Å². The molecule has 1 fully saturated rings. The number of ether oxygens (including phenoxy) is 1. The monoisotopic (exact) mass is 292 g/mol. The number of aryl methyl sites for hydroxylation is 2. The van der Waals surface area contributed by atoms with Crippen LogP contribution in [0.2, 0.25) is 0 Å². The minimum absolute atomic E-state index is 0.399. The molecule has 0 bridgehead atoms. The van der Waals surface area contributed by atoms with Gasteiger partial charge in [-0.25, -0.2) is 0 Å². The van der Waals surface area contributed by atoms with Crippen molar-refractivity contribution in [1.29, 1.82) is 0 Å². The van der Waals surface area contributed by atoms with E-state index in [1.165, 1.54) is 5.56 Å². The Balaban J connectivity index is 1.81. The number of benzene rings is 1. The number of hydrogen-bond acceptors (Lipinski definition) is 4. The Labute approximate surface area is 127 Å². The average molecular weight is 292 g/mol. The van der Waals surface area contributed by atoms with Crippen LogP contribution >= 0.6 is 0 Å². The molecule has 118 valence electrons. The average Bonchev–Trinajstić information content (AvgIpc) is 2.47. The zero-order chi connectivity index (χ0) is 15.2. The summed E-state index contributed by atoms with van der Waals surface area (Å²) in [5, 5.41) is 9.84. The van der Waals surface area contributed by atoms with E-state index in [1.54, 1.807) is 0 Å². The first kappa shape index (κ1) is 16.3. The van der Waals surface area contributed by atoms with E-state index in [9.17, 15) is 5.11 Å². The zero-order valence-corrected chi connectivity index (χ0v) is 13.3. The van der Waals surface area contributed by atoms with E-state index in [0.29, 0.717) is 18.4 Å². The zero-order valence-electron chi connectivity index (χ0n) is 13.3. The fourth-order valence-corrected chi connectivity index (χ4v) is 2.96. The second kappa shape index (κ2) is 7.78. The lowest BCUT2D eigenvalue weighted by atomic mass is 10.0. The van der Waals surface area contributed by atoms with Crippen LogP contribution in [0, 0.1) is 13.8 Å². The number of rotatable bonds is 6. The lowest BCUT2D eigenvalue weighted by Gasteiger charge is -2.32. The summed E-state index contributed by atoms with van der Waals surface area (Å²) < 4.78 is 5.84. The summed E-state index contributed by atoms with van der Waals surface area (Å²) in [5.41, 5.74) is 8.69. The van der Waals surface area contributed by atoms with Gasteiger partial charge in [-0.1, -0.05) is 12.1 Å². The summed E-state index contributed by atoms with van der Waals surface area (Å²) >= 11 is 0. The number of phenols is 1. The molecule has 0 saturated carbocycles. The van der Waals surface area contributed by atoms with Crippen molar-refractivity contribution in [1.82, 2.24) is 4.90 Å². The lowest BCUT2D eigenvalue weighted by molar-refractivity contribution is 0.00562. The van der Waals surface area contributed by atoms with Crippen molar-refractivity contribution in [2.45, 2.75) is 45.8 Å². The van der Waals surface area contributed by atoms with Gasteiger partial charge < -0.3 is 15.6 Å². The third-order valence-corrected chi connectivity index (χ3v) is 4.19. The second-order valence-electron chi connectivity index (χ2n) is 6.07. The van der Waals surface area contributed by atoms with Crippen molar-refractivity contribution in [3.63, 3.8) is 0 Å². The molecule has 4 heteroatoms. The van der Waals surface area contributed by atoms with Gasteiger partial charge in [0.2, 0.25) is 0 Å². The molecule has 0 unspecified atom stereocenters. The maximum Gasteiger partial charge on any atom is 0.121 e. The van der Waals surface area contributed by atoms with E-state index >= 15 is 0 Å². The first-order chi connectivity index (χ1) is 10.1. The molecule has 0 aromatic heterocycles. The molecule has 4 nitrogen and oxygen atoms in total. The topological polar surface area (TPSA) is 58.7 Å². The minimum Gasteiger partial charge on any atom is -0.507 e. The van der Waals surface area contributed by atoms with Crippen LogP contribution in [0.15, 0.2) is 12.1 Å². The first-order valence-corrected chi connectivity index (χ1v) is 7.93. The molecule has 1 aliphatic rings. The van der Waals surface area contributed by atoms with E-state index in [-0.39, 0.29) is 0 Å². The van der Waals surface area contributed by atoms with Crippen LogP contribution in [0.25, 0.3) is 0 Å². The van der Waals surface area contributed by atoms with Crippen molar-refractivity contribution in [2.75, 3.05) is 26.2 Å². The number of phenolic OH excluding ortho intramolecular Hbond substituents is 1. The van der Waals surface area contributed by atoms with Crippen molar-refractivity contribution in [3.05, 3.63) is 28.8 Å². The fraction of sp³-hybridized carbons (Fsp3) is 0.647. The van der Waals surface area contributed by atoms with Gasteiger partial charge in [0.05, 0.1) is 6.10 Å². The van der Waals surface area contributed by atoms with E-state index in [1.807, 2.05) is 13.8 Å². The summed E-state index contributed by atoms with van der Waals surface area (Å²) in [4.78, 5) is 2.47. The van der Waals surface area contributed by atoms with Gasteiger partial charge in [-0.2, -0.15) is 0 Å². The van der Waals surface area contributed by atoms with Crippen LogP contribution in [0.4, 0.5) is 0 Å². The highest BCUT2D eigenvalue weighted by Gasteiger charge is 2.19. The van der Waals surface area contributed by atoms with Crippen molar-refractivity contribution in [2.24, 2.45) is 5.73 Å². The molecule has 1 aliphatic heterocycles. The molecule has 2 rings (SSSR count). The largest absolute Gasteiger partial charge is 0.507 e. The lowest BCUT2D eigenvalue weighted by Crippen LogP contribution is -2.36. The molecule has 0 aliphatic carbocycles. The number of hydrogen-bond donors (Lipinski definition) is 2. The standard InChI is InChI=1S/C17H28N2O2/c1-13-10-15(11-14(2)17(13)20)12-19-7-4-16(5-8-19)21-9-3-6-18/h10-11,16,20H,3-9,12,18H2,1-2H3. The van der Waals surface area contributed by atoms with Crippen LogP contribution in [0.1, 0.15) is 36.0 Å². The third kappa shape index (κ3) is 4.70. The van der Waals surface area contributed by atoms with Gasteiger partial charge >= 0.3 is 0 Å². The van der Waals surface area contributed by atoms with Gasteiger partial charge in [-0.3, -0.25) is 4.90 Å². The van der Waals surface area contributed by atoms with Gasteiger partial charge in [-0.05, 0) is 56.3 Å². The molecular formula is C17H28N2O2. The quantitative estimate of drug-likeness (QED) is 0.790. The number of piperidine rings is 1. The highest BCUT2D eigenvalue weighted by atomic mass is 16.5. The SMILES string of the molecule is Cc1cc(CN2CCC(OCCCN)CC2)cc(C)c1O. The number of nitrogens with two attached hydrogens (primary N) is 1. The van der Waals surface area contributed by atoms with Crippen LogP contribution in [-0.4, -0.2) is 42.4 Å². The maximum atomic E-state index is 9.84. The fourth-order valence-electron chi connectivity index (χ4n) is 2.96. The molecule has 3 N–H and O–H groups in total. The Hall–Kier alpha value is -1.10. The molecule has 1 aromatic carbocycles. The number of nitrogens with zero attached hydrogens (tertiary/aromatic N) is 1. The Morgan fingerprint density at radius 1 is 1.24 bits per heavy atom. The number of aromatic hydroxyl groups is 1. The smallest absolute Gasteiger partial charge is 0.121 e. The summed E-state index contributed by atoms with van der Waals surface area (Å²) in [6.07, 6.45) is 3.55. The molecule has 1 saturated heterocycles. The molecule has 0 atom stereocenters. The Kier molecular flexibility index (Phi) is 6.03.